The Hall–Kier alpha value is -1.06. The fraction of sp³-hybridized carbons (Fsp3) is 0.667. The predicted octanol–water partition coefficient (Wildman–Crippen LogP) is 2.79. The van der Waals surface area contributed by atoms with Gasteiger partial charge in [0.25, 0.3) is 0 Å². The Morgan fingerprint density at radius 3 is 2.68 bits per heavy atom. The Morgan fingerprint density at radius 2 is 2.07 bits per heavy atom. The first-order valence-corrected chi connectivity index (χ1v) is 10.0. The lowest BCUT2D eigenvalue weighted by Gasteiger charge is -2.25. The molecule has 0 bridgehead atoms. The highest BCUT2D eigenvalue weighted by Crippen LogP contribution is 2.34. The summed E-state index contributed by atoms with van der Waals surface area (Å²) in [6.45, 7) is 5.15. The van der Waals surface area contributed by atoms with Crippen molar-refractivity contribution in [1.82, 2.24) is 15.5 Å². The molecule has 0 amide bonds. The molecule has 1 saturated carbocycles. The number of aliphatic imine (C=N–C) groups is 1. The lowest BCUT2D eigenvalue weighted by molar-refractivity contribution is 0.140. The van der Waals surface area contributed by atoms with Crippen molar-refractivity contribution in [2.24, 2.45) is 10.9 Å². The van der Waals surface area contributed by atoms with E-state index in [2.05, 4.69) is 59.7 Å². The van der Waals surface area contributed by atoms with Crippen LogP contribution in [0.15, 0.2) is 23.2 Å². The molecule has 158 valence electrons. The minimum absolute atomic E-state index is 0. The molecular formula is C21H35IN4O2. The van der Waals surface area contributed by atoms with E-state index in [1.807, 2.05) is 7.05 Å². The van der Waals surface area contributed by atoms with E-state index in [1.165, 1.54) is 18.4 Å². The number of hydrogen-bond acceptors (Lipinski definition) is 4. The van der Waals surface area contributed by atoms with Gasteiger partial charge in [0.05, 0.1) is 13.2 Å². The van der Waals surface area contributed by atoms with Crippen LogP contribution >= 0.6 is 24.0 Å². The number of nitrogens with one attached hydrogen (secondary N) is 2. The maximum absolute atomic E-state index is 6.19. The molecule has 0 radical (unpaired) electrons. The molecule has 2 fully saturated rings. The van der Waals surface area contributed by atoms with Crippen LogP contribution in [0, 0.1) is 12.8 Å². The second-order valence-electron chi connectivity index (χ2n) is 7.89. The van der Waals surface area contributed by atoms with Gasteiger partial charge in [0.2, 0.25) is 0 Å². The summed E-state index contributed by atoms with van der Waals surface area (Å²) in [4.78, 5) is 6.69. The quantitative estimate of drug-likeness (QED) is 0.326. The van der Waals surface area contributed by atoms with Crippen molar-refractivity contribution < 1.29 is 9.47 Å². The first kappa shape index (κ1) is 23.2. The molecule has 2 N–H and O–H groups in total. The SMILES string of the molecule is CN=C(NCc1ccc(C)cc1OC1CCOC1)NCC(C1CC1)N(C)C.I. The molecule has 3 rings (SSSR count). The zero-order chi connectivity index (χ0) is 19.2. The minimum atomic E-state index is 0. The highest BCUT2D eigenvalue weighted by molar-refractivity contribution is 14.0. The summed E-state index contributed by atoms with van der Waals surface area (Å²) in [6, 6.07) is 6.93. The number of rotatable bonds is 8. The van der Waals surface area contributed by atoms with E-state index >= 15 is 0 Å². The summed E-state index contributed by atoms with van der Waals surface area (Å²) in [6.07, 6.45) is 3.79. The summed E-state index contributed by atoms with van der Waals surface area (Å²) >= 11 is 0. The number of benzene rings is 1. The van der Waals surface area contributed by atoms with Crippen molar-refractivity contribution in [2.75, 3.05) is 40.9 Å². The summed E-state index contributed by atoms with van der Waals surface area (Å²) < 4.78 is 11.6. The largest absolute Gasteiger partial charge is 0.488 e. The topological polar surface area (TPSA) is 58.1 Å². The Balaban J connectivity index is 0.00000280. The lowest BCUT2D eigenvalue weighted by Crippen LogP contribution is -2.45. The average Bonchev–Trinajstić information content (AvgIpc) is 3.34. The Bertz CT molecular complexity index is 641. The molecule has 2 aliphatic rings. The lowest BCUT2D eigenvalue weighted by atomic mass is 10.1. The van der Waals surface area contributed by atoms with E-state index in [-0.39, 0.29) is 30.1 Å². The Kier molecular flexibility index (Phi) is 9.30. The molecule has 1 aromatic rings. The molecule has 2 unspecified atom stereocenters. The van der Waals surface area contributed by atoms with Gasteiger partial charge in [0.15, 0.2) is 5.96 Å². The number of guanidine groups is 1. The molecule has 1 heterocycles. The molecule has 0 aromatic heterocycles. The highest BCUT2D eigenvalue weighted by Gasteiger charge is 2.32. The molecule has 1 aliphatic carbocycles. The number of halogens is 1. The molecule has 2 atom stereocenters. The number of nitrogens with zero attached hydrogens (tertiary/aromatic N) is 2. The van der Waals surface area contributed by atoms with Gasteiger partial charge in [-0.05, 0) is 51.4 Å². The first-order valence-electron chi connectivity index (χ1n) is 10.0. The number of hydrogen-bond donors (Lipinski definition) is 2. The van der Waals surface area contributed by atoms with E-state index in [0.717, 1.165) is 42.8 Å². The molecule has 1 saturated heterocycles. The zero-order valence-electron chi connectivity index (χ0n) is 17.5. The van der Waals surface area contributed by atoms with Crippen LogP contribution in [0.25, 0.3) is 0 Å². The number of likely N-dealkylation sites (N-methyl/N-ethyl adjacent to an activating group) is 1. The van der Waals surface area contributed by atoms with Crippen molar-refractivity contribution in [2.45, 2.75) is 44.9 Å². The van der Waals surface area contributed by atoms with Gasteiger partial charge in [-0.2, -0.15) is 0 Å². The van der Waals surface area contributed by atoms with Crippen molar-refractivity contribution in [3.63, 3.8) is 0 Å². The second kappa shape index (κ2) is 11.2. The van der Waals surface area contributed by atoms with Crippen LogP contribution in [0.4, 0.5) is 0 Å². The molecule has 0 spiro atoms. The fourth-order valence-corrected chi connectivity index (χ4v) is 3.56. The van der Waals surface area contributed by atoms with Crippen LogP contribution in [0.1, 0.15) is 30.4 Å². The van der Waals surface area contributed by atoms with Crippen molar-refractivity contribution >= 4 is 29.9 Å². The molecule has 1 aliphatic heterocycles. The van der Waals surface area contributed by atoms with E-state index in [4.69, 9.17) is 9.47 Å². The third kappa shape index (κ3) is 6.77. The van der Waals surface area contributed by atoms with Gasteiger partial charge in [0, 0.05) is 38.2 Å². The number of aryl methyl sites for hydroxylation is 1. The maximum Gasteiger partial charge on any atom is 0.191 e. The standard InChI is InChI=1S/C21H34N4O2.HI/c1-15-5-6-17(20(11-15)27-18-9-10-26-14-18)12-23-21(22-2)24-13-19(25(3)4)16-7-8-16;/h5-6,11,16,18-19H,7-10,12-14H2,1-4H3,(H2,22,23,24);1H. The molecule has 1 aromatic carbocycles. The van der Waals surface area contributed by atoms with E-state index in [0.29, 0.717) is 19.2 Å². The van der Waals surface area contributed by atoms with Gasteiger partial charge in [-0.1, -0.05) is 12.1 Å². The molecule has 7 heteroatoms. The van der Waals surface area contributed by atoms with Crippen LogP contribution in [-0.2, 0) is 11.3 Å². The maximum atomic E-state index is 6.19. The van der Waals surface area contributed by atoms with Gasteiger partial charge >= 0.3 is 0 Å². The van der Waals surface area contributed by atoms with Crippen molar-refractivity contribution in [1.29, 1.82) is 0 Å². The van der Waals surface area contributed by atoms with Crippen LogP contribution in [-0.4, -0.2) is 63.9 Å². The van der Waals surface area contributed by atoms with Gasteiger partial charge in [-0.25, -0.2) is 0 Å². The van der Waals surface area contributed by atoms with Gasteiger partial charge in [0.1, 0.15) is 11.9 Å². The smallest absolute Gasteiger partial charge is 0.191 e. The van der Waals surface area contributed by atoms with Crippen LogP contribution < -0.4 is 15.4 Å². The van der Waals surface area contributed by atoms with Gasteiger partial charge in [-0.3, -0.25) is 4.99 Å². The van der Waals surface area contributed by atoms with Gasteiger partial charge < -0.3 is 25.0 Å². The summed E-state index contributed by atoms with van der Waals surface area (Å²) in [5, 5.41) is 6.92. The van der Waals surface area contributed by atoms with Crippen molar-refractivity contribution in [3.05, 3.63) is 29.3 Å². The summed E-state index contributed by atoms with van der Waals surface area (Å²) in [5.41, 5.74) is 2.34. The monoisotopic (exact) mass is 502 g/mol. The second-order valence-corrected chi connectivity index (χ2v) is 7.89. The highest BCUT2D eigenvalue weighted by atomic mass is 127. The van der Waals surface area contributed by atoms with E-state index in [9.17, 15) is 0 Å². The molecule has 6 nitrogen and oxygen atoms in total. The van der Waals surface area contributed by atoms with E-state index in [1.54, 1.807) is 0 Å². The zero-order valence-corrected chi connectivity index (χ0v) is 19.9. The normalized spacial score (nSPS) is 20.6. The van der Waals surface area contributed by atoms with Crippen LogP contribution in [0.3, 0.4) is 0 Å². The van der Waals surface area contributed by atoms with E-state index < -0.39 is 0 Å². The Morgan fingerprint density at radius 1 is 1.29 bits per heavy atom. The summed E-state index contributed by atoms with van der Waals surface area (Å²) in [5.74, 6) is 2.59. The van der Waals surface area contributed by atoms with Gasteiger partial charge in [-0.15, -0.1) is 24.0 Å². The average molecular weight is 502 g/mol. The predicted molar refractivity (Wildman–Crippen MR) is 125 cm³/mol. The van der Waals surface area contributed by atoms with Crippen LogP contribution in [0.2, 0.25) is 0 Å². The number of ether oxygens (including phenoxy) is 2. The van der Waals surface area contributed by atoms with Crippen molar-refractivity contribution in [3.8, 4) is 5.75 Å². The third-order valence-corrected chi connectivity index (χ3v) is 5.38. The summed E-state index contributed by atoms with van der Waals surface area (Å²) in [7, 11) is 6.13. The Labute approximate surface area is 186 Å². The fourth-order valence-electron chi connectivity index (χ4n) is 3.56. The first-order chi connectivity index (χ1) is 13.1. The molecular weight excluding hydrogens is 467 g/mol. The molecule has 28 heavy (non-hydrogen) atoms. The third-order valence-electron chi connectivity index (χ3n) is 5.38. The minimum Gasteiger partial charge on any atom is -0.488 e. The van der Waals surface area contributed by atoms with Crippen LogP contribution in [0.5, 0.6) is 5.75 Å².